The lowest BCUT2D eigenvalue weighted by atomic mass is 9.91. The van der Waals surface area contributed by atoms with Gasteiger partial charge in [0.05, 0.1) is 12.7 Å². The Balaban J connectivity index is 2.32. The predicted octanol–water partition coefficient (Wildman–Crippen LogP) is 8.73. The molecule has 2 atom stereocenters. The summed E-state index contributed by atoms with van der Waals surface area (Å²) in [5.41, 5.74) is 2.84. The van der Waals surface area contributed by atoms with Gasteiger partial charge in [-0.3, -0.25) is 4.79 Å². The monoisotopic (exact) mass is 446 g/mol. The van der Waals surface area contributed by atoms with Gasteiger partial charge in [0.15, 0.2) is 5.78 Å². The molecule has 0 bridgehead atoms. The first-order chi connectivity index (χ1) is 15.1. The zero-order valence-corrected chi connectivity index (χ0v) is 22.3. The van der Waals surface area contributed by atoms with Crippen molar-refractivity contribution in [2.24, 2.45) is 17.8 Å². The maximum absolute atomic E-state index is 12.9. The van der Waals surface area contributed by atoms with Crippen LogP contribution >= 0.6 is 0 Å². The van der Waals surface area contributed by atoms with Crippen LogP contribution in [0.15, 0.2) is 0 Å². The number of carbonyl (C=O) groups excluding carboxylic acids is 1. The van der Waals surface area contributed by atoms with Crippen molar-refractivity contribution >= 4 is 5.78 Å². The third kappa shape index (κ3) is 9.16. The van der Waals surface area contributed by atoms with Gasteiger partial charge in [0.25, 0.3) is 0 Å². The molecule has 1 aromatic rings. The summed E-state index contributed by atoms with van der Waals surface area (Å²) in [5.74, 6) is 3.38. The molecule has 0 fully saturated rings. The van der Waals surface area contributed by atoms with Gasteiger partial charge in [0.1, 0.15) is 11.5 Å². The summed E-state index contributed by atoms with van der Waals surface area (Å²) >= 11 is 0. The van der Waals surface area contributed by atoms with E-state index in [1.54, 1.807) is 7.11 Å². The van der Waals surface area contributed by atoms with Crippen molar-refractivity contribution in [3.8, 4) is 11.5 Å². The predicted molar refractivity (Wildman–Crippen MR) is 137 cm³/mol. The Kier molecular flexibility index (Phi) is 13.0. The summed E-state index contributed by atoms with van der Waals surface area (Å²) in [6, 6.07) is 0. The van der Waals surface area contributed by atoms with E-state index in [0.717, 1.165) is 41.7 Å². The van der Waals surface area contributed by atoms with Gasteiger partial charge in [0, 0.05) is 12.0 Å². The largest absolute Gasteiger partial charge is 0.507 e. The van der Waals surface area contributed by atoms with Gasteiger partial charge in [-0.15, -0.1) is 0 Å². The van der Waals surface area contributed by atoms with Gasteiger partial charge < -0.3 is 9.84 Å². The molecule has 1 aromatic carbocycles. The highest BCUT2D eigenvalue weighted by molar-refractivity contribution is 6.01. The Morgan fingerprint density at radius 1 is 0.750 bits per heavy atom. The van der Waals surface area contributed by atoms with Gasteiger partial charge in [-0.2, -0.15) is 0 Å². The quantitative estimate of drug-likeness (QED) is 0.204. The SMILES string of the molecule is COc1c(C)c(C)c(O)c(C)c1C(=O)CCCCC[C@H](C)CCC[C@H](C)CCCC(C)C. The minimum atomic E-state index is 0.0808. The molecule has 0 aliphatic heterocycles. The molecule has 0 spiro atoms. The molecule has 0 saturated carbocycles. The van der Waals surface area contributed by atoms with Crippen molar-refractivity contribution in [1.82, 2.24) is 0 Å². The van der Waals surface area contributed by atoms with Crippen LogP contribution in [-0.4, -0.2) is 18.0 Å². The van der Waals surface area contributed by atoms with Gasteiger partial charge in [-0.1, -0.05) is 85.5 Å². The molecule has 3 heteroatoms. The average Bonchev–Trinajstić information content (AvgIpc) is 2.73. The zero-order valence-electron chi connectivity index (χ0n) is 22.3. The van der Waals surface area contributed by atoms with E-state index in [0.29, 0.717) is 23.3 Å². The number of unbranched alkanes of at least 4 members (excludes halogenated alkanes) is 2. The van der Waals surface area contributed by atoms with Crippen molar-refractivity contribution in [1.29, 1.82) is 0 Å². The molecule has 0 aliphatic rings. The van der Waals surface area contributed by atoms with Crippen LogP contribution in [0.3, 0.4) is 0 Å². The number of carbonyl (C=O) groups is 1. The molecular formula is C29H50O3. The van der Waals surface area contributed by atoms with Gasteiger partial charge in [0.2, 0.25) is 0 Å². The van der Waals surface area contributed by atoms with Gasteiger partial charge >= 0.3 is 0 Å². The number of rotatable bonds is 16. The minimum absolute atomic E-state index is 0.0808. The van der Waals surface area contributed by atoms with Crippen molar-refractivity contribution in [2.45, 2.75) is 119 Å². The lowest BCUT2D eigenvalue weighted by Crippen LogP contribution is -2.08. The summed E-state index contributed by atoms with van der Waals surface area (Å²) < 4.78 is 5.53. The maximum Gasteiger partial charge on any atom is 0.167 e. The van der Waals surface area contributed by atoms with Crippen LogP contribution in [0.2, 0.25) is 0 Å². The van der Waals surface area contributed by atoms with Crippen molar-refractivity contribution in [2.75, 3.05) is 7.11 Å². The van der Waals surface area contributed by atoms with Crippen molar-refractivity contribution in [3.63, 3.8) is 0 Å². The van der Waals surface area contributed by atoms with Crippen LogP contribution in [0.4, 0.5) is 0 Å². The summed E-state index contributed by atoms with van der Waals surface area (Å²) in [7, 11) is 1.60. The van der Waals surface area contributed by atoms with E-state index in [2.05, 4.69) is 27.7 Å². The maximum atomic E-state index is 12.9. The molecule has 0 amide bonds. The summed E-state index contributed by atoms with van der Waals surface area (Å²) in [6.45, 7) is 15.0. The Morgan fingerprint density at radius 2 is 1.28 bits per heavy atom. The van der Waals surface area contributed by atoms with Crippen LogP contribution in [-0.2, 0) is 0 Å². The van der Waals surface area contributed by atoms with E-state index in [-0.39, 0.29) is 11.5 Å². The molecule has 1 rings (SSSR count). The topological polar surface area (TPSA) is 46.5 Å². The van der Waals surface area contributed by atoms with Gasteiger partial charge in [-0.05, 0) is 56.1 Å². The highest BCUT2D eigenvalue weighted by Crippen LogP contribution is 2.37. The van der Waals surface area contributed by atoms with E-state index in [4.69, 9.17) is 4.74 Å². The number of hydrogen-bond acceptors (Lipinski definition) is 3. The van der Waals surface area contributed by atoms with Gasteiger partial charge in [-0.25, -0.2) is 0 Å². The number of phenols is 1. The summed E-state index contributed by atoms with van der Waals surface area (Å²) in [4.78, 5) is 12.9. The van der Waals surface area contributed by atoms with E-state index in [1.807, 2.05) is 20.8 Å². The van der Waals surface area contributed by atoms with Crippen LogP contribution in [0.25, 0.3) is 0 Å². The molecular weight excluding hydrogens is 396 g/mol. The number of ether oxygens (including phenoxy) is 1. The average molecular weight is 447 g/mol. The van der Waals surface area contributed by atoms with Crippen LogP contribution in [0, 0.1) is 38.5 Å². The zero-order chi connectivity index (χ0) is 24.3. The minimum Gasteiger partial charge on any atom is -0.507 e. The fourth-order valence-electron chi connectivity index (χ4n) is 4.75. The highest BCUT2D eigenvalue weighted by Gasteiger charge is 2.22. The number of aromatic hydroxyl groups is 1. The molecule has 3 nitrogen and oxygen atoms in total. The second kappa shape index (κ2) is 14.6. The molecule has 32 heavy (non-hydrogen) atoms. The first-order valence-electron chi connectivity index (χ1n) is 13.0. The van der Waals surface area contributed by atoms with E-state index in [9.17, 15) is 9.90 Å². The number of methoxy groups -OCH3 is 1. The number of phenolic OH excluding ortho intramolecular Hbond substituents is 1. The summed E-state index contributed by atoms with van der Waals surface area (Å²) in [5, 5.41) is 10.4. The molecule has 0 radical (unpaired) electrons. The number of hydrogen-bond donors (Lipinski definition) is 1. The first-order valence-corrected chi connectivity index (χ1v) is 13.0. The van der Waals surface area contributed by atoms with Crippen molar-refractivity contribution < 1.29 is 14.6 Å². The smallest absolute Gasteiger partial charge is 0.167 e. The molecule has 184 valence electrons. The lowest BCUT2D eigenvalue weighted by Gasteiger charge is -2.18. The summed E-state index contributed by atoms with van der Waals surface area (Å²) in [6.07, 6.45) is 13.1. The Morgan fingerprint density at radius 3 is 1.81 bits per heavy atom. The third-order valence-corrected chi connectivity index (χ3v) is 7.17. The van der Waals surface area contributed by atoms with Crippen LogP contribution in [0.5, 0.6) is 11.5 Å². The lowest BCUT2D eigenvalue weighted by molar-refractivity contribution is 0.0974. The second-order valence-electron chi connectivity index (χ2n) is 10.6. The molecule has 0 unspecified atom stereocenters. The first kappa shape index (κ1) is 28.5. The third-order valence-electron chi connectivity index (χ3n) is 7.17. The van der Waals surface area contributed by atoms with E-state index < -0.39 is 0 Å². The molecule has 0 heterocycles. The van der Waals surface area contributed by atoms with Crippen LogP contribution in [0.1, 0.15) is 125 Å². The molecule has 0 aromatic heterocycles. The Labute approximate surface area is 198 Å². The number of Topliss-reactive ketones (excluding diaryl/α,β-unsaturated/α-hetero) is 1. The van der Waals surface area contributed by atoms with Crippen molar-refractivity contribution in [3.05, 3.63) is 22.3 Å². The van der Waals surface area contributed by atoms with E-state index in [1.165, 1.54) is 51.4 Å². The molecule has 1 N–H and O–H groups in total. The normalized spacial score (nSPS) is 13.4. The van der Waals surface area contributed by atoms with E-state index >= 15 is 0 Å². The number of ketones is 1. The fraction of sp³-hybridized carbons (Fsp3) is 0.759. The molecule has 0 saturated heterocycles. The number of benzene rings is 1. The second-order valence-corrected chi connectivity index (χ2v) is 10.6. The molecule has 0 aliphatic carbocycles. The van der Waals surface area contributed by atoms with Crippen LogP contribution < -0.4 is 4.74 Å². The Hall–Kier alpha value is -1.51. The standard InChI is InChI=1S/C29H50O3/c1-20(2)14-12-16-22(4)18-13-17-21(3)15-10-9-11-19-26(30)27-25(7)28(31)23(5)24(6)29(27)32-8/h20-22,31H,9-19H2,1-8H3/t21-,22+/m0/s1. The Bertz CT molecular complexity index is 705. The highest BCUT2D eigenvalue weighted by atomic mass is 16.5. The fourth-order valence-corrected chi connectivity index (χ4v) is 4.75.